The molecule has 1 aliphatic rings. The van der Waals surface area contributed by atoms with Gasteiger partial charge < -0.3 is 50.1 Å². The van der Waals surface area contributed by atoms with Gasteiger partial charge in [0.2, 0.25) is 0 Å². The Labute approximate surface area is 224 Å². The molecule has 1 radical (unpaired) electrons. The summed E-state index contributed by atoms with van der Waals surface area (Å²) in [6.45, 7) is 10.0. The van der Waals surface area contributed by atoms with Crippen LogP contribution in [0, 0.1) is 30.6 Å². The Balaban J connectivity index is -0.000000189. The summed E-state index contributed by atoms with van der Waals surface area (Å²) in [6.07, 6.45) is 3.47. The number of aromatic nitrogens is 1. The average molecular weight is 606 g/mol. The number of hydrogen-bond donors (Lipinski definition) is 0. The summed E-state index contributed by atoms with van der Waals surface area (Å²) in [6, 6.07) is 3.61. The minimum Gasteiger partial charge on any atom is -0.497 e. The minimum atomic E-state index is -1.75. The van der Waals surface area contributed by atoms with Crippen LogP contribution >= 0.6 is 0 Å². The molecule has 2 heterocycles. The van der Waals surface area contributed by atoms with Crippen molar-refractivity contribution in [1.82, 2.24) is 19.7 Å². The zero-order chi connectivity index (χ0) is 27.8. The second-order valence-electron chi connectivity index (χ2n) is 7.32. The minimum absolute atomic E-state index is 0. The van der Waals surface area contributed by atoms with Crippen LogP contribution in [-0.4, -0.2) is 109 Å². The third-order valence-electron chi connectivity index (χ3n) is 3.97. The molecule has 0 atom stereocenters. The quantitative estimate of drug-likeness (QED) is 0.204. The van der Waals surface area contributed by atoms with Crippen LogP contribution in [0.4, 0.5) is 0 Å². The number of hydrogen-bond acceptors (Lipinski definition) is 13. The normalized spacial score (nSPS) is 13.6. The third kappa shape index (κ3) is 41.4. The topological polar surface area (TPSA) is 198 Å². The van der Waals surface area contributed by atoms with Crippen LogP contribution in [0.2, 0.25) is 0 Å². The molecule has 0 saturated carbocycles. The van der Waals surface area contributed by atoms with Crippen LogP contribution < -0.4 is 4.74 Å². The molecular weight excluding hydrogens is 569 g/mol. The molecule has 15 nitrogen and oxygen atoms in total. The fraction of sp³-hybridized carbons (Fsp3) is 0.650. The first-order valence-corrected chi connectivity index (χ1v) is 10.3. The van der Waals surface area contributed by atoms with Crippen LogP contribution in [0.3, 0.4) is 0 Å². The van der Waals surface area contributed by atoms with E-state index in [0.717, 1.165) is 5.75 Å². The van der Waals surface area contributed by atoms with Crippen molar-refractivity contribution in [3.05, 3.63) is 55.2 Å². The number of nitrogens with zero attached hydrogens (tertiary/aromatic N) is 6. The molecule has 0 amide bonds. The molecule has 1 aliphatic heterocycles. The summed E-state index contributed by atoms with van der Waals surface area (Å²) in [5.74, 6) is 0.722. The van der Waals surface area contributed by atoms with Gasteiger partial charge in [0.25, 0.3) is 0 Å². The predicted octanol–water partition coefficient (Wildman–Crippen LogP) is 0.959. The number of ketones is 2. The van der Waals surface area contributed by atoms with E-state index in [1.165, 1.54) is 53.1 Å². The van der Waals surface area contributed by atoms with Gasteiger partial charge in [-0.3, -0.25) is 14.6 Å². The number of carbonyl (C=O) groups excluding carboxylic acids is 2. The van der Waals surface area contributed by atoms with E-state index in [1.807, 2.05) is 0 Å². The molecule has 1 fully saturated rings. The molecule has 1 saturated heterocycles. The van der Waals surface area contributed by atoms with E-state index in [2.05, 4.69) is 40.8 Å². The number of pyridine rings is 1. The Morgan fingerprint density at radius 3 is 1.19 bits per heavy atom. The first-order valence-electron chi connectivity index (χ1n) is 10.3. The standard InChI is InChI=1S/C9H21N3.C6H7NO.C5H8O2.2NO3.Ru/c1-10-4-6-11(2)8-9-12(3)7-5-10;1-8-6-2-4-7-5-3-6;1-4(6)3-5(2)7;2*2-1(3)4;/h4-9H2,1-3H3;2-5H,1H3;3H2,1-2H3;;;/q;;;2*-1;+3. The van der Waals surface area contributed by atoms with E-state index in [0.29, 0.717) is 0 Å². The maximum Gasteiger partial charge on any atom is 3.00 e. The van der Waals surface area contributed by atoms with Gasteiger partial charge in [-0.15, -0.1) is 0 Å². The molecule has 0 spiro atoms. The Hall–Kier alpha value is -2.81. The predicted molar refractivity (Wildman–Crippen MR) is 130 cm³/mol. The first-order chi connectivity index (χ1) is 16.2. The third-order valence-corrected chi connectivity index (χ3v) is 3.97. The summed E-state index contributed by atoms with van der Waals surface area (Å²) in [4.78, 5) is 47.6. The second-order valence-corrected chi connectivity index (χ2v) is 7.32. The van der Waals surface area contributed by atoms with E-state index in [9.17, 15) is 9.59 Å². The SMILES string of the molecule is CC(=O)CC(C)=O.CN1CCN(C)CCN(C)CC1.COc1ccncc1.O=[N+]([O-])[O-].O=[N+]([O-])[O-].[Ru+3]. The van der Waals surface area contributed by atoms with E-state index in [1.54, 1.807) is 31.6 Å². The molecule has 0 unspecified atom stereocenters. The molecular formula is C20H36N6O9Ru+. The maximum atomic E-state index is 10.0. The molecule has 16 heteroatoms. The monoisotopic (exact) mass is 606 g/mol. The summed E-state index contributed by atoms with van der Waals surface area (Å²) >= 11 is 0. The number of Topliss-reactive ketones (excluding diaryl/α,β-unsaturated/α-hetero) is 2. The Morgan fingerprint density at radius 1 is 0.806 bits per heavy atom. The molecule has 0 aliphatic carbocycles. The summed E-state index contributed by atoms with van der Waals surface area (Å²) in [5.41, 5.74) is 0. The number of methoxy groups -OCH3 is 1. The van der Waals surface area contributed by atoms with Crippen molar-refractivity contribution in [1.29, 1.82) is 0 Å². The van der Waals surface area contributed by atoms with Crippen LogP contribution in [0.25, 0.3) is 0 Å². The van der Waals surface area contributed by atoms with Crippen molar-refractivity contribution in [2.75, 3.05) is 67.5 Å². The van der Waals surface area contributed by atoms with Crippen molar-refractivity contribution in [2.45, 2.75) is 20.3 Å². The molecule has 2 rings (SSSR count). The van der Waals surface area contributed by atoms with Gasteiger partial charge in [-0.1, -0.05) is 0 Å². The van der Waals surface area contributed by atoms with E-state index in [-0.39, 0.29) is 37.5 Å². The van der Waals surface area contributed by atoms with Crippen molar-refractivity contribution >= 4 is 11.6 Å². The van der Waals surface area contributed by atoms with Crippen LogP contribution in [0.1, 0.15) is 20.3 Å². The summed E-state index contributed by atoms with van der Waals surface area (Å²) < 4.78 is 4.87. The Bertz CT molecular complexity index is 648. The van der Waals surface area contributed by atoms with E-state index < -0.39 is 10.2 Å². The molecule has 0 bridgehead atoms. The molecule has 0 N–H and O–H groups in total. The average Bonchev–Trinajstić information content (AvgIpc) is 2.80. The van der Waals surface area contributed by atoms with Gasteiger partial charge in [0.05, 0.1) is 23.7 Å². The number of rotatable bonds is 3. The van der Waals surface area contributed by atoms with Gasteiger partial charge in [0.15, 0.2) is 0 Å². The molecule has 1 aromatic rings. The molecule has 1 aromatic heterocycles. The van der Waals surface area contributed by atoms with E-state index >= 15 is 0 Å². The fourth-order valence-corrected chi connectivity index (χ4v) is 2.18. The Morgan fingerprint density at radius 2 is 1.06 bits per heavy atom. The van der Waals surface area contributed by atoms with Crippen molar-refractivity contribution in [3.63, 3.8) is 0 Å². The number of carbonyl (C=O) groups is 2. The van der Waals surface area contributed by atoms with Gasteiger partial charge >= 0.3 is 19.5 Å². The van der Waals surface area contributed by atoms with Gasteiger partial charge in [-0.05, 0) is 47.1 Å². The van der Waals surface area contributed by atoms with E-state index in [4.69, 9.17) is 35.4 Å². The summed E-state index contributed by atoms with van der Waals surface area (Å²) in [5, 5.41) is 29.5. The summed E-state index contributed by atoms with van der Waals surface area (Å²) in [7, 11) is 8.24. The van der Waals surface area contributed by atoms with Gasteiger partial charge in [-0.2, -0.15) is 0 Å². The van der Waals surface area contributed by atoms with Crippen LogP contribution in [0.5, 0.6) is 5.75 Å². The fourth-order valence-electron chi connectivity index (χ4n) is 2.18. The van der Waals surface area contributed by atoms with Crippen molar-refractivity contribution in [2.24, 2.45) is 0 Å². The van der Waals surface area contributed by atoms with Gasteiger partial charge in [0, 0.05) is 51.7 Å². The molecule has 207 valence electrons. The number of ether oxygens (including phenoxy) is 1. The smallest absolute Gasteiger partial charge is 0.497 e. The largest absolute Gasteiger partial charge is 3.00 e. The van der Waals surface area contributed by atoms with Crippen LogP contribution in [0.15, 0.2) is 24.5 Å². The Kier molecular flexibility index (Phi) is 30.0. The van der Waals surface area contributed by atoms with Crippen molar-refractivity contribution < 1.29 is 44.0 Å². The van der Waals surface area contributed by atoms with Crippen LogP contribution in [-0.2, 0) is 29.1 Å². The number of likely N-dealkylation sites (N-methyl/N-ethyl adjacent to an activating group) is 3. The van der Waals surface area contributed by atoms with Gasteiger partial charge in [-0.25, -0.2) is 0 Å². The molecule has 0 aromatic carbocycles. The zero-order valence-electron chi connectivity index (χ0n) is 21.5. The molecule has 36 heavy (non-hydrogen) atoms. The maximum absolute atomic E-state index is 10.0. The van der Waals surface area contributed by atoms with Crippen molar-refractivity contribution in [3.8, 4) is 5.75 Å². The second kappa shape index (κ2) is 26.8. The van der Waals surface area contributed by atoms with Gasteiger partial charge in [0.1, 0.15) is 17.3 Å². The zero-order valence-corrected chi connectivity index (χ0v) is 23.2. The first kappa shape index (κ1) is 40.4.